The highest BCUT2D eigenvalue weighted by atomic mass is 16.6. The summed E-state index contributed by atoms with van der Waals surface area (Å²) in [6, 6.07) is 12.1. The van der Waals surface area contributed by atoms with Crippen LogP contribution in [0.25, 0.3) is 11.1 Å². The van der Waals surface area contributed by atoms with Gasteiger partial charge in [-0.2, -0.15) is 0 Å². The van der Waals surface area contributed by atoms with E-state index in [0.717, 1.165) is 37.0 Å². The second-order valence-corrected chi connectivity index (χ2v) is 9.60. The molecule has 2 aromatic rings. The van der Waals surface area contributed by atoms with Crippen LogP contribution in [-0.2, 0) is 58.9 Å². The van der Waals surface area contributed by atoms with Crippen LogP contribution in [-0.4, -0.2) is 76.5 Å². The van der Waals surface area contributed by atoms with E-state index in [1.54, 1.807) is 42.5 Å². The van der Waals surface area contributed by atoms with Gasteiger partial charge in [0.05, 0.1) is 14.2 Å². The molecule has 0 saturated heterocycles. The summed E-state index contributed by atoms with van der Waals surface area (Å²) in [4.78, 5) is 71.2. The predicted octanol–water partition coefficient (Wildman–Crippen LogP) is 2.92. The van der Waals surface area contributed by atoms with E-state index in [-0.39, 0.29) is 12.2 Å². The average molecular weight is 627 g/mol. The molecule has 0 N–H and O–H groups in total. The maximum Gasteiger partial charge on any atom is 0.417 e. The number of benzene rings is 2. The fraction of sp³-hybridized carbons (Fsp3) is 0.312. The summed E-state index contributed by atoms with van der Waals surface area (Å²) in [5.74, 6) is -6.02. The van der Waals surface area contributed by atoms with Crippen LogP contribution >= 0.6 is 0 Å². The lowest BCUT2D eigenvalue weighted by atomic mass is 9.92. The zero-order chi connectivity index (χ0) is 33.6. The Kier molecular flexibility index (Phi) is 13.5. The first kappa shape index (κ1) is 35.7. The number of ether oxygens (including phenoxy) is 7. The molecule has 2 rings (SSSR count). The third-order valence-electron chi connectivity index (χ3n) is 6.13. The molecule has 0 spiro atoms. The maximum atomic E-state index is 12.2. The molecule has 13 nitrogen and oxygen atoms in total. The SMILES string of the molecule is C=CC(=O)Oc1ccc(-c2ccc(OCC(COC(=O)C(=C)C)(COC(=O)C(=O)OC)COC(=O)C(=O)OC)cc2CC)cc1. The smallest absolute Gasteiger partial charge is 0.417 e. The molecule has 0 radical (unpaired) electrons. The van der Waals surface area contributed by atoms with Gasteiger partial charge in [0.25, 0.3) is 0 Å². The Morgan fingerprint density at radius 1 is 0.733 bits per heavy atom. The largest absolute Gasteiger partial charge is 0.493 e. The Hall–Kier alpha value is -5.46. The molecule has 0 aliphatic carbocycles. The lowest BCUT2D eigenvalue weighted by molar-refractivity contribution is -0.177. The standard InChI is InChI=1S/C32H34O13/c1-7-21-15-24(13-14-25(21)22-9-11-23(12-10-22)45-26(33)8-2)41-16-32(17-42-27(34)20(3)4,18-43-30(37)28(35)39-5)19-44-31(38)29(36)40-6/h8-15H,2-3,7,16-19H2,1,4-6H3. The summed E-state index contributed by atoms with van der Waals surface area (Å²) in [5, 5.41) is 0. The van der Waals surface area contributed by atoms with Gasteiger partial charge in [0.1, 0.15) is 43.3 Å². The Bertz CT molecular complexity index is 1410. The van der Waals surface area contributed by atoms with Gasteiger partial charge in [0.15, 0.2) is 0 Å². The van der Waals surface area contributed by atoms with Gasteiger partial charge in [-0.05, 0) is 54.3 Å². The van der Waals surface area contributed by atoms with Crippen molar-refractivity contribution < 1.29 is 61.9 Å². The lowest BCUT2D eigenvalue weighted by Crippen LogP contribution is -2.45. The summed E-state index contributed by atoms with van der Waals surface area (Å²) in [7, 11) is 1.96. The number of carbonyl (C=O) groups excluding carboxylic acids is 6. The van der Waals surface area contributed by atoms with Crippen LogP contribution in [0.1, 0.15) is 19.4 Å². The Morgan fingerprint density at radius 2 is 1.24 bits per heavy atom. The minimum atomic E-state index is -1.61. The first-order valence-electron chi connectivity index (χ1n) is 13.4. The molecule has 0 saturated carbocycles. The molecule has 240 valence electrons. The van der Waals surface area contributed by atoms with E-state index in [4.69, 9.17) is 23.7 Å². The van der Waals surface area contributed by atoms with E-state index < -0.39 is 61.1 Å². The molecule has 0 aliphatic heterocycles. The fourth-order valence-corrected chi connectivity index (χ4v) is 3.64. The van der Waals surface area contributed by atoms with Gasteiger partial charge >= 0.3 is 35.8 Å². The topological polar surface area (TPSA) is 167 Å². The minimum absolute atomic E-state index is 0.0537. The third kappa shape index (κ3) is 10.6. The Morgan fingerprint density at radius 3 is 1.71 bits per heavy atom. The van der Waals surface area contributed by atoms with Crippen LogP contribution in [0.2, 0.25) is 0 Å². The molecule has 0 bridgehead atoms. The summed E-state index contributed by atoms with van der Waals surface area (Å²) < 4.78 is 35.3. The third-order valence-corrected chi connectivity index (χ3v) is 6.13. The van der Waals surface area contributed by atoms with Crippen molar-refractivity contribution in [3.8, 4) is 22.6 Å². The number of hydrogen-bond donors (Lipinski definition) is 0. The van der Waals surface area contributed by atoms with Gasteiger partial charge in [-0.15, -0.1) is 0 Å². The van der Waals surface area contributed by atoms with E-state index in [2.05, 4.69) is 22.6 Å². The quantitative estimate of drug-likeness (QED) is 0.0988. The molecule has 0 unspecified atom stereocenters. The van der Waals surface area contributed by atoms with Gasteiger partial charge in [-0.3, -0.25) is 0 Å². The van der Waals surface area contributed by atoms with Crippen molar-refractivity contribution in [2.24, 2.45) is 5.41 Å². The molecule has 0 aliphatic rings. The normalized spacial score (nSPS) is 10.5. The van der Waals surface area contributed by atoms with E-state index in [1.165, 1.54) is 6.92 Å². The summed E-state index contributed by atoms with van der Waals surface area (Å²) >= 11 is 0. The van der Waals surface area contributed by atoms with Crippen molar-refractivity contribution >= 4 is 35.8 Å². The maximum absolute atomic E-state index is 12.2. The molecule has 13 heteroatoms. The van der Waals surface area contributed by atoms with Crippen molar-refractivity contribution in [2.75, 3.05) is 40.6 Å². The average Bonchev–Trinajstić information content (AvgIpc) is 3.06. The summed E-state index contributed by atoms with van der Waals surface area (Å²) in [6.07, 6.45) is 1.65. The van der Waals surface area contributed by atoms with E-state index in [9.17, 15) is 28.8 Å². The molecule has 2 aromatic carbocycles. The van der Waals surface area contributed by atoms with Crippen LogP contribution in [0, 0.1) is 5.41 Å². The zero-order valence-electron chi connectivity index (χ0n) is 25.4. The van der Waals surface area contributed by atoms with E-state index >= 15 is 0 Å². The van der Waals surface area contributed by atoms with Crippen molar-refractivity contribution in [2.45, 2.75) is 20.3 Å². The molecular weight excluding hydrogens is 592 g/mol. The van der Waals surface area contributed by atoms with Gasteiger partial charge in [0.2, 0.25) is 0 Å². The lowest BCUT2D eigenvalue weighted by Gasteiger charge is -2.31. The molecule has 45 heavy (non-hydrogen) atoms. The summed E-state index contributed by atoms with van der Waals surface area (Å²) in [6.45, 7) is 8.00. The predicted molar refractivity (Wildman–Crippen MR) is 157 cm³/mol. The summed E-state index contributed by atoms with van der Waals surface area (Å²) in [5.41, 5.74) is 1.02. The number of aryl methyl sites for hydroxylation is 1. The van der Waals surface area contributed by atoms with Crippen LogP contribution in [0.4, 0.5) is 0 Å². The molecule has 0 fully saturated rings. The monoisotopic (exact) mass is 626 g/mol. The Balaban J connectivity index is 2.39. The van der Waals surface area contributed by atoms with Crippen LogP contribution in [0.5, 0.6) is 11.5 Å². The zero-order valence-corrected chi connectivity index (χ0v) is 25.4. The van der Waals surface area contributed by atoms with Crippen LogP contribution < -0.4 is 9.47 Å². The number of rotatable bonds is 14. The van der Waals surface area contributed by atoms with Crippen molar-refractivity contribution in [1.82, 2.24) is 0 Å². The van der Waals surface area contributed by atoms with Gasteiger partial charge in [0, 0.05) is 11.6 Å². The highest BCUT2D eigenvalue weighted by molar-refractivity contribution is 6.30. The minimum Gasteiger partial charge on any atom is -0.493 e. The highest BCUT2D eigenvalue weighted by Gasteiger charge is 2.39. The first-order chi connectivity index (χ1) is 21.4. The molecule has 0 amide bonds. The second kappa shape index (κ2) is 17.0. The van der Waals surface area contributed by atoms with Crippen molar-refractivity contribution in [3.05, 3.63) is 72.8 Å². The Labute approximate surface area is 259 Å². The number of methoxy groups -OCH3 is 2. The number of esters is 6. The first-order valence-corrected chi connectivity index (χ1v) is 13.4. The highest BCUT2D eigenvalue weighted by Crippen LogP contribution is 2.31. The van der Waals surface area contributed by atoms with Gasteiger partial charge in [-0.1, -0.05) is 38.3 Å². The van der Waals surface area contributed by atoms with Crippen LogP contribution in [0.3, 0.4) is 0 Å². The molecular formula is C32H34O13. The number of hydrogen-bond acceptors (Lipinski definition) is 13. The molecule has 0 aromatic heterocycles. The second-order valence-electron chi connectivity index (χ2n) is 9.60. The van der Waals surface area contributed by atoms with Crippen molar-refractivity contribution in [1.29, 1.82) is 0 Å². The van der Waals surface area contributed by atoms with E-state index in [1.807, 2.05) is 6.92 Å². The molecule has 0 heterocycles. The number of carbonyl (C=O) groups is 6. The van der Waals surface area contributed by atoms with E-state index in [0.29, 0.717) is 17.9 Å². The van der Waals surface area contributed by atoms with Crippen LogP contribution in [0.15, 0.2) is 67.3 Å². The van der Waals surface area contributed by atoms with Gasteiger partial charge < -0.3 is 33.2 Å². The van der Waals surface area contributed by atoms with Gasteiger partial charge in [-0.25, -0.2) is 28.8 Å². The van der Waals surface area contributed by atoms with Crippen molar-refractivity contribution in [3.63, 3.8) is 0 Å². The molecule has 0 atom stereocenters. The fourth-order valence-electron chi connectivity index (χ4n) is 3.64.